The monoisotopic (exact) mass is 764 g/mol. The van der Waals surface area contributed by atoms with Gasteiger partial charge in [0.05, 0.1) is 18.8 Å². The third-order valence-corrected chi connectivity index (χ3v) is 11.6. The lowest BCUT2D eigenvalue weighted by molar-refractivity contribution is -0.124. The number of amides is 1. The van der Waals surface area contributed by atoms with Gasteiger partial charge in [0.2, 0.25) is 5.91 Å². The molecule has 0 aliphatic heterocycles. The van der Waals surface area contributed by atoms with Crippen molar-refractivity contribution in [1.82, 2.24) is 5.32 Å². The molecule has 0 radical (unpaired) electrons. The van der Waals surface area contributed by atoms with Gasteiger partial charge in [-0.15, -0.1) is 0 Å². The number of hydrogen-bond acceptors (Lipinski definition) is 4. The molecule has 0 aliphatic rings. The molecule has 0 aromatic heterocycles. The second-order valence-corrected chi connectivity index (χ2v) is 17.0. The summed E-state index contributed by atoms with van der Waals surface area (Å²) < 4.78 is 0. The Kier molecular flexibility index (Phi) is 44.0. The van der Waals surface area contributed by atoms with Crippen LogP contribution in [-0.2, 0) is 4.79 Å². The number of allylic oxidation sites excluding steroid dienone is 2. The molecule has 0 rings (SSSR count). The molecule has 3 unspecified atom stereocenters. The van der Waals surface area contributed by atoms with Gasteiger partial charge in [0.1, 0.15) is 6.10 Å². The molecule has 0 saturated heterocycles. The largest absolute Gasteiger partial charge is 0.394 e. The van der Waals surface area contributed by atoms with Gasteiger partial charge in [-0.2, -0.15) is 0 Å². The van der Waals surface area contributed by atoms with Crippen molar-refractivity contribution >= 4 is 5.91 Å². The zero-order chi connectivity index (χ0) is 39.4. The maximum atomic E-state index is 12.5. The third-order valence-electron chi connectivity index (χ3n) is 11.6. The van der Waals surface area contributed by atoms with Gasteiger partial charge >= 0.3 is 0 Å². The van der Waals surface area contributed by atoms with Crippen LogP contribution in [0.3, 0.4) is 0 Å². The minimum Gasteiger partial charge on any atom is -0.394 e. The van der Waals surface area contributed by atoms with Crippen LogP contribution in [0.2, 0.25) is 0 Å². The molecular weight excluding hydrogens is 667 g/mol. The molecule has 5 heteroatoms. The van der Waals surface area contributed by atoms with Crippen molar-refractivity contribution in [2.75, 3.05) is 6.61 Å². The molecule has 4 N–H and O–H groups in total. The maximum absolute atomic E-state index is 12.5. The van der Waals surface area contributed by atoms with Gasteiger partial charge in [-0.25, -0.2) is 0 Å². The predicted molar refractivity (Wildman–Crippen MR) is 236 cm³/mol. The molecular formula is C49H97NO4. The molecule has 0 heterocycles. The Morgan fingerprint density at radius 3 is 1.07 bits per heavy atom. The molecule has 0 fully saturated rings. The Bertz CT molecular complexity index is 758. The number of carbonyl (C=O) groups is 1. The van der Waals surface area contributed by atoms with Gasteiger partial charge in [-0.05, 0) is 38.5 Å². The fourth-order valence-electron chi connectivity index (χ4n) is 7.81. The van der Waals surface area contributed by atoms with E-state index in [2.05, 4.69) is 31.3 Å². The molecule has 0 bridgehead atoms. The highest BCUT2D eigenvalue weighted by Crippen LogP contribution is 2.17. The summed E-state index contributed by atoms with van der Waals surface area (Å²) in [6, 6.07) is -0.821. The average Bonchev–Trinajstić information content (AvgIpc) is 3.18. The Labute approximate surface area is 338 Å². The summed E-state index contributed by atoms with van der Waals surface area (Å²) in [4.78, 5) is 12.5. The Morgan fingerprint density at radius 2 is 0.741 bits per heavy atom. The summed E-state index contributed by atoms with van der Waals surface area (Å²) in [5, 5.41) is 33.6. The van der Waals surface area contributed by atoms with Gasteiger partial charge in [0, 0.05) is 6.42 Å². The first kappa shape index (κ1) is 53.1. The van der Waals surface area contributed by atoms with Gasteiger partial charge in [-0.3, -0.25) is 4.79 Å². The summed E-state index contributed by atoms with van der Waals surface area (Å²) in [5.41, 5.74) is 0. The first-order valence-corrected chi connectivity index (χ1v) is 24.5. The second-order valence-electron chi connectivity index (χ2n) is 17.0. The van der Waals surface area contributed by atoms with Crippen LogP contribution < -0.4 is 5.32 Å². The Hall–Kier alpha value is -0.910. The quantitative estimate of drug-likeness (QED) is 0.0367. The first-order valence-electron chi connectivity index (χ1n) is 24.5. The number of unbranched alkanes of at least 4 members (excludes halogenated alkanes) is 35. The van der Waals surface area contributed by atoms with E-state index in [-0.39, 0.29) is 12.5 Å². The summed E-state index contributed by atoms with van der Waals surface area (Å²) in [7, 11) is 0. The minimum absolute atomic E-state index is 0.149. The number of aliphatic hydroxyl groups excluding tert-OH is 3. The van der Waals surface area contributed by atoms with Gasteiger partial charge < -0.3 is 20.6 Å². The van der Waals surface area contributed by atoms with Crippen molar-refractivity contribution in [3.63, 3.8) is 0 Å². The van der Waals surface area contributed by atoms with E-state index in [4.69, 9.17) is 0 Å². The van der Waals surface area contributed by atoms with E-state index in [1.165, 1.54) is 205 Å². The van der Waals surface area contributed by atoms with Crippen LogP contribution in [0.1, 0.15) is 271 Å². The zero-order valence-electron chi connectivity index (χ0n) is 36.6. The van der Waals surface area contributed by atoms with Crippen LogP contribution in [0.15, 0.2) is 12.2 Å². The van der Waals surface area contributed by atoms with Crippen molar-refractivity contribution in [3.05, 3.63) is 12.2 Å². The highest BCUT2D eigenvalue weighted by molar-refractivity contribution is 5.76. The average molecular weight is 764 g/mol. The third kappa shape index (κ3) is 39.3. The molecule has 1 amide bonds. The van der Waals surface area contributed by atoms with Crippen molar-refractivity contribution in [2.24, 2.45) is 0 Å². The van der Waals surface area contributed by atoms with Gasteiger partial charge in [0.15, 0.2) is 0 Å². The van der Waals surface area contributed by atoms with E-state index < -0.39 is 18.2 Å². The summed E-state index contributed by atoms with van der Waals surface area (Å²) in [6.45, 7) is 4.19. The summed E-state index contributed by atoms with van der Waals surface area (Å²) in [5.74, 6) is -0.149. The van der Waals surface area contributed by atoms with E-state index in [0.29, 0.717) is 12.8 Å². The molecule has 5 nitrogen and oxygen atoms in total. The molecule has 0 spiro atoms. The normalized spacial score (nSPS) is 13.5. The molecule has 3 atom stereocenters. The molecule has 0 aliphatic carbocycles. The fourth-order valence-corrected chi connectivity index (χ4v) is 7.81. The standard InChI is InChI=1S/C49H97NO4/c1-3-5-7-9-11-13-15-17-19-20-21-22-23-24-25-26-27-28-30-32-34-36-38-40-42-44-48(53)50-46(45-51)49(54)47(52)43-41-39-37-35-33-31-29-18-16-14-12-10-8-6-4-2/h35,37,46-47,49,51-52,54H,3-34,36,38-45H2,1-2H3,(H,50,53)/b37-35+. The lowest BCUT2D eigenvalue weighted by Crippen LogP contribution is -2.50. The topological polar surface area (TPSA) is 89.8 Å². The SMILES string of the molecule is CCCCCCCCCCCC/C=C/CCCC(O)C(O)C(CO)NC(=O)CCCCCCCCCCCCCCCCCCCCCCCCCCC. The molecule has 0 saturated carbocycles. The number of nitrogens with one attached hydrogen (secondary N) is 1. The van der Waals surface area contributed by atoms with Crippen molar-refractivity contribution in [3.8, 4) is 0 Å². The first-order chi connectivity index (χ1) is 26.6. The van der Waals surface area contributed by atoms with Crippen LogP contribution in [0.5, 0.6) is 0 Å². The highest BCUT2D eigenvalue weighted by atomic mass is 16.3. The van der Waals surface area contributed by atoms with Gasteiger partial charge in [-0.1, -0.05) is 238 Å². The molecule has 322 valence electrons. The highest BCUT2D eigenvalue weighted by Gasteiger charge is 2.26. The van der Waals surface area contributed by atoms with E-state index in [1.54, 1.807) is 0 Å². The van der Waals surface area contributed by atoms with Crippen molar-refractivity contribution in [2.45, 2.75) is 289 Å². The number of rotatable bonds is 45. The summed E-state index contributed by atoms with van der Waals surface area (Å²) >= 11 is 0. The van der Waals surface area contributed by atoms with Crippen LogP contribution in [0, 0.1) is 0 Å². The van der Waals surface area contributed by atoms with Crippen LogP contribution in [0.4, 0.5) is 0 Å². The Balaban J connectivity index is 3.55. The van der Waals surface area contributed by atoms with Crippen LogP contribution >= 0.6 is 0 Å². The molecule has 0 aromatic carbocycles. The fraction of sp³-hybridized carbons (Fsp3) is 0.939. The van der Waals surface area contributed by atoms with E-state index >= 15 is 0 Å². The lowest BCUT2D eigenvalue weighted by Gasteiger charge is -2.26. The van der Waals surface area contributed by atoms with E-state index in [1.807, 2.05) is 0 Å². The second kappa shape index (κ2) is 44.8. The van der Waals surface area contributed by atoms with Crippen molar-refractivity contribution < 1.29 is 20.1 Å². The van der Waals surface area contributed by atoms with Gasteiger partial charge in [0.25, 0.3) is 0 Å². The van der Waals surface area contributed by atoms with E-state index in [9.17, 15) is 20.1 Å². The number of aliphatic hydroxyl groups is 3. The van der Waals surface area contributed by atoms with Crippen LogP contribution in [-0.4, -0.2) is 46.1 Å². The molecule has 0 aromatic rings. The lowest BCUT2D eigenvalue weighted by atomic mass is 10.0. The number of carbonyl (C=O) groups excluding carboxylic acids is 1. The Morgan fingerprint density at radius 1 is 0.444 bits per heavy atom. The predicted octanol–water partition coefficient (Wildman–Crippen LogP) is 14.4. The zero-order valence-corrected chi connectivity index (χ0v) is 36.6. The minimum atomic E-state index is -1.15. The number of hydrogen-bond donors (Lipinski definition) is 4. The van der Waals surface area contributed by atoms with E-state index in [0.717, 1.165) is 38.5 Å². The maximum Gasteiger partial charge on any atom is 0.220 e. The van der Waals surface area contributed by atoms with Crippen LogP contribution in [0.25, 0.3) is 0 Å². The van der Waals surface area contributed by atoms with Crippen molar-refractivity contribution in [1.29, 1.82) is 0 Å². The summed E-state index contributed by atoms with van der Waals surface area (Å²) in [6.07, 6.45) is 53.4. The molecule has 54 heavy (non-hydrogen) atoms. The smallest absolute Gasteiger partial charge is 0.220 e.